The first-order valence-corrected chi connectivity index (χ1v) is 11.0. The highest BCUT2D eigenvalue weighted by molar-refractivity contribution is 7.92. The van der Waals surface area contributed by atoms with Crippen molar-refractivity contribution in [3.05, 3.63) is 58.1 Å². The molecule has 6 nitrogen and oxygen atoms in total. The number of ether oxygens (including phenoxy) is 1. The maximum absolute atomic E-state index is 12.3. The highest BCUT2D eigenvalue weighted by Crippen LogP contribution is 2.23. The van der Waals surface area contributed by atoms with Gasteiger partial charge in [-0.15, -0.1) is 0 Å². The number of carbonyl (C=O) groups is 1. The molecule has 0 saturated carbocycles. The molecule has 28 heavy (non-hydrogen) atoms. The molecule has 0 radical (unpaired) electrons. The lowest BCUT2D eigenvalue weighted by molar-refractivity contribution is -0.119. The monoisotopic (exact) mass is 424 g/mol. The fourth-order valence-electron chi connectivity index (χ4n) is 2.68. The first-order valence-electron chi connectivity index (χ1n) is 8.78. The molecule has 0 unspecified atom stereocenters. The minimum atomic E-state index is -3.60. The topological polar surface area (TPSA) is 75.7 Å². The number of anilines is 1. The Bertz CT molecular complexity index is 961. The molecule has 152 valence electrons. The highest BCUT2D eigenvalue weighted by atomic mass is 35.5. The van der Waals surface area contributed by atoms with Crippen molar-refractivity contribution in [2.45, 2.75) is 20.8 Å². The van der Waals surface area contributed by atoms with Crippen LogP contribution < -0.4 is 14.4 Å². The van der Waals surface area contributed by atoms with Crippen LogP contribution >= 0.6 is 11.6 Å². The van der Waals surface area contributed by atoms with Crippen molar-refractivity contribution in [3.63, 3.8) is 0 Å². The summed E-state index contributed by atoms with van der Waals surface area (Å²) in [7, 11) is -3.60. The lowest BCUT2D eigenvalue weighted by Gasteiger charge is -2.24. The molecule has 1 amide bonds. The second kappa shape index (κ2) is 9.30. The molecule has 1 N–H and O–H groups in total. The van der Waals surface area contributed by atoms with Crippen LogP contribution in [0.3, 0.4) is 0 Å². The molecule has 0 saturated heterocycles. The molecule has 0 spiro atoms. The standard InChI is InChI=1S/C20H25ClN2O4S/c1-14-5-8-19(16(3)11-14)23(28(4,25)26)13-20(24)22-9-10-27-17-7-6-15(2)18(21)12-17/h5-8,11-12H,9-10,13H2,1-4H3,(H,22,24). The van der Waals surface area contributed by atoms with Gasteiger partial charge in [-0.1, -0.05) is 35.4 Å². The van der Waals surface area contributed by atoms with Crippen molar-refractivity contribution < 1.29 is 17.9 Å². The summed E-state index contributed by atoms with van der Waals surface area (Å²) in [5, 5.41) is 3.29. The molecule has 0 fully saturated rings. The van der Waals surface area contributed by atoms with Crippen molar-refractivity contribution in [3.8, 4) is 5.75 Å². The number of sulfonamides is 1. The van der Waals surface area contributed by atoms with Gasteiger partial charge in [0.15, 0.2) is 0 Å². The molecule has 0 aromatic heterocycles. The average Bonchev–Trinajstić information content (AvgIpc) is 2.59. The second-order valence-electron chi connectivity index (χ2n) is 6.67. The molecule has 8 heteroatoms. The van der Waals surface area contributed by atoms with Gasteiger partial charge in [-0.25, -0.2) is 8.42 Å². The Kier molecular flexibility index (Phi) is 7.32. The van der Waals surface area contributed by atoms with Gasteiger partial charge in [-0.05, 0) is 50.1 Å². The van der Waals surface area contributed by atoms with Gasteiger partial charge in [0, 0.05) is 5.02 Å². The van der Waals surface area contributed by atoms with E-state index in [4.69, 9.17) is 16.3 Å². The summed E-state index contributed by atoms with van der Waals surface area (Å²) < 4.78 is 31.0. The van der Waals surface area contributed by atoms with E-state index in [0.717, 1.165) is 27.3 Å². The first kappa shape index (κ1) is 22.0. The van der Waals surface area contributed by atoms with E-state index in [-0.39, 0.29) is 19.7 Å². The van der Waals surface area contributed by atoms with Gasteiger partial charge in [0.25, 0.3) is 0 Å². The largest absolute Gasteiger partial charge is 0.492 e. The SMILES string of the molecule is Cc1ccc(N(CC(=O)NCCOc2ccc(C)c(Cl)c2)S(C)(=O)=O)c(C)c1. The summed E-state index contributed by atoms with van der Waals surface area (Å²) in [6.45, 7) is 5.84. The third-order valence-electron chi connectivity index (χ3n) is 4.14. The van der Waals surface area contributed by atoms with Gasteiger partial charge in [-0.3, -0.25) is 9.10 Å². The summed E-state index contributed by atoms with van der Waals surface area (Å²) in [5.74, 6) is 0.203. The van der Waals surface area contributed by atoms with Crippen LogP contribution in [0.4, 0.5) is 5.69 Å². The van der Waals surface area contributed by atoms with Crippen molar-refractivity contribution in [2.24, 2.45) is 0 Å². The second-order valence-corrected chi connectivity index (χ2v) is 8.98. The maximum atomic E-state index is 12.3. The Morgan fingerprint density at radius 2 is 1.82 bits per heavy atom. The van der Waals surface area contributed by atoms with Crippen LogP contribution in [0, 0.1) is 20.8 Å². The quantitative estimate of drug-likeness (QED) is 0.660. The van der Waals surface area contributed by atoms with Crippen LogP contribution in [-0.2, 0) is 14.8 Å². The van der Waals surface area contributed by atoms with Gasteiger partial charge in [0.1, 0.15) is 18.9 Å². The predicted molar refractivity (Wildman–Crippen MR) is 113 cm³/mol. The predicted octanol–water partition coefficient (Wildman–Crippen LogP) is 3.23. The van der Waals surface area contributed by atoms with Crippen LogP contribution in [-0.4, -0.2) is 40.3 Å². The molecule has 0 bridgehead atoms. The Balaban J connectivity index is 1.94. The van der Waals surface area contributed by atoms with Gasteiger partial charge in [-0.2, -0.15) is 0 Å². The normalized spacial score (nSPS) is 11.2. The number of hydrogen-bond donors (Lipinski definition) is 1. The molecule has 2 aromatic rings. The molecule has 0 aliphatic heterocycles. The van der Waals surface area contributed by atoms with Gasteiger partial charge < -0.3 is 10.1 Å². The average molecular weight is 425 g/mol. The highest BCUT2D eigenvalue weighted by Gasteiger charge is 2.22. The van der Waals surface area contributed by atoms with E-state index in [1.807, 2.05) is 39.0 Å². The van der Waals surface area contributed by atoms with Crippen LogP contribution in [0.5, 0.6) is 5.75 Å². The van der Waals surface area contributed by atoms with E-state index in [0.29, 0.717) is 16.5 Å². The zero-order valence-corrected chi connectivity index (χ0v) is 18.0. The van der Waals surface area contributed by atoms with Crippen molar-refractivity contribution in [1.82, 2.24) is 5.32 Å². The number of aryl methyl sites for hydroxylation is 3. The van der Waals surface area contributed by atoms with E-state index in [9.17, 15) is 13.2 Å². The molecule has 0 atom stereocenters. The summed E-state index contributed by atoms with van der Waals surface area (Å²) in [4.78, 5) is 12.3. The number of rotatable bonds is 8. The third-order valence-corrected chi connectivity index (χ3v) is 5.68. The van der Waals surface area contributed by atoms with Crippen molar-refractivity contribution in [2.75, 3.05) is 30.3 Å². The van der Waals surface area contributed by atoms with E-state index in [1.165, 1.54) is 0 Å². The number of halogens is 1. The number of nitrogens with zero attached hydrogens (tertiary/aromatic N) is 1. The molecule has 0 aliphatic carbocycles. The summed E-state index contributed by atoms with van der Waals surface area (Å²) >= 11 is 6.05. The minimum Gasteiger partial charge on any atom is -0.492 e. The van der Waals surface area contributed by atoms with Crippen molar-refractivity contribution >= 4 is 33.2 Å². The zero-order chi connectivity index (χ0) is 20.9. The zero-order valence-electron chi connectivity index (χ0n) is 16.5. The number of carbonyl (C=O) groups excluding carboxylic acids is 1. The number of amides is 1. The molecule has 0 heterocycles. The Morgan fingerprint density at radius 3 is 2.43 bits per heavy atom. The Hall–Kier alpha value is -2.25. The summed E-state index contributed by atoms with van der Waals surface area (Å²) in [6.07, 6.45) is 1.09. The van der Waals surface area contributed by atoms with E-state index in [2.05, 4.69) is 5.32 Å². The molecule has 2 rings (SSSR count). The summed E-state index contributed by atoms with van der Waals surface area (Å²) in [6, 6.07) is 10.8. The lowest BCUT2D eigenvalue weighted by Crippen LogP contribution is -2.41. The smallest absolute Gasteiger partial charge is 0.240 e. The van der Waals surface area contributed by atoms with Gasteiger partial charge >= 0.3 is 0 Å². The number of nitrogens with one attached hydrogen (secondary N) is 1. The van der Waals surface area contributed by atoms with Gasteiger partial charge in [0.05, 0.1) is 18.5 Å². The van der Waals surface area contributed by atoms with E-state index < -0.39 is 15.9 Å². The third kappa shape index (κ3) is 6.14. The fourth-order valence-corrected chi connectivity index (χ4v) is 3.76. The maximum Gasteiger partial charge on any atom is 0.240 e. The summed E-state index contributed by atoms with van der Waals surface area (Å²) in [5.41, 5.74) is 3.26. The van der Waals surface area contributed by atoms with E-state index >= 15 is 0 Å². The van der Waals surface area contributed by atoms with Crippen LogP contribution in [0.1, 0.15) is 16.7 Å². The van der Waals surface area contributed by atoms with Crippen LogP contribution in [0.2, 0.25) is 5.02 Å². The van der Waals surface area contributed by atoms with Crippen LogP contribution in [0.25, 0.3) is 0 Å². The van der Waals surface area contributed by atoms with Crippen molar-refractivity contribution in [1.29, 1.82) is 0 Å². The fraction of sp³-hybridized carbons (Fsp3) is 0.350. The molecular weight excluding hydrogens is 400 g/mol. The lowest BCUT2D eigenvalue weighted by atomic mass is 10.1. The Labute approximate surface area is 171 Å². The minimum absolute atomic E-state index is 0.244. The van der Waals surface area contributed by atoms with Crippen LogP contribution in [0.15, 0.2) is 36.4 Å². The van der Waals surface area contributed by atoms with Gasteiger partial charge in [0.2, 0.25) is 15.9 Å². The first-order chi connectivity index (χ1) is 13.1. The van der Waals surface area contributed by atoms with E-state index in [1.54, 1.807) is 18.2 Å². The molecular formula is C20H25ClN2O4S. The molecule has 2 aromatic carbocycles. The number of benzene rings is 2. The number of hydrogen-bond acceptors (Lipinski definition) is 4. The molecule has 0 aliphatic rings. The Morgan fingerprint density at radius 1 is 1.11 bits per heavy atom.